The zero-order chi connectivity index (χ0) is 18.8. The number of piperidine rings is 1. The molecule has 0 radical (unpaired) electrons. The van der Waals surface area contributed by atoms with Crippen LogP contribution in [0.15, 0.2) is 18.2 Å². The molecule has 0 N–H and O–H groups in total. The second-order valence-corrected chi connectivity index (χ2v) is 7.29. The van der Waals surface area contributed by atoms with Crippen LogP contribution in [0.5, 0.6) is 0 Å². The molecule has 2 heterocycles. The fraction of sp³-hybridized carbons (Fsp3) is 0.500. The summed E-state index contributed by atoms with van der Waals surface area (Å²) in [6.45, 7) is 3.30. The third kappa shape index (κ3) is 3.72. The van der Waals surface area contributed by atoms with Crippen molar-refractivity contribution >= 4 is 46.7 Å². The van der Waals surface area contributed by atoms with Crippen LogP contribution in [0.25, 0.3) is 0 Å². The van der Waals surface area contributed by atoms with Crippen LogP contribution in [0, 0.1) is 5.92 Å². The van der Waals surface area contributed by atoms with Crippen LogP contribution in [-0.4, -0.2) is 48.4 Å². The number of benzene rings is 1. The number of amides is 2. The molecule has 0 aliphatic carbocycles. The van der Waals surface area contributed by atoms with E-state index in [4.69, 9.17) is 27.9 Å². The van der Waals surface area contributed by atoms with Gasteiger partial charge in [-0.1, -0.05) is 23.2 Å². The number of halogens is 2. The van der Waals surface area contributed by atoms with Gasteiger partial charge in [0, 0.05) is 5.02 Å². The molecular formula is C18H20Cl2N2O4. The van der Waals surface area contributed by atoms with Crippen LogP contribution in [0.4, 0.5) is 5.69 Å². The summed E-state index contributed by atoms with van der Waals surface area (Å²) in [5, 5.41) is 0.710. The lowest BCUT2D eigenvalue weighted by Crippen LogP contribution is -2.47. The molecule has 2 amide bonds. The maximum Gasteiger partial charge on any atom is 0.309 e. The van der Waals surface area contributed by atoms with Crippen molar-refractivity contribution in [2.24, 2.45) is 5.92 Å². The quantitative estimate of drug-likeness (QED) is 0.576. The van der Waals surface area contributed by atoms with Gasteiger partial charge in [0.05, 0.1) is 35.7 Å². The van der Waals surface area contributed by atoms with Gasteiger partial charge >= 0.3 is 5.97 Å². The minimum Gasteiger partial charge on any atom is -0.466 e. The topological polar surface area (TPSA) is 66.9 Å². The van der Waals surface area contributed by atoms with Gasteiger partial charge in [0.1, 0.15) is 0 Å². The first-order valence-corrected chi connectivity index (χ1v) is 9.40. The molecule has 6 nitrogen and oxygen atoms in total. The Kier molecular flexibility index (Phi) is 5.85. The molecule has 8 heteroatoms. The number of rotatable bonds is 4. The van der Waals surface area contributed by atoms with Gasteiger partial charge in [-0.3, -0.25) is 19.3 Å². The van der Waals surface area contributed by atoms with E-state index in [0.29, 0.717) is 48.3 Å². The highest BCUT2D eigenvalue weighted by Crippen LogP contribution is 2.34. The van der Waals surface area contributed by atoms with E-state index in [1.807, 2.05) is 4.90 Å². The number of carbonyl (C=O) groups is 3. The van der Waals surface area contributed by atoms with Crippen LogP contribution in [-0.2, 0) is 19.1 Å². The third-order valence-corrected chi connectivity index (χ3v) is 5.42. The molecule has 3 rings (SSSR count). The Labute approximate surface area is 162 Å². The molecule has 2 saturated heterocycles. The van der Waals surface area contributed by atoms with E-state index >= 15 is 0 Å². The summed E-state index contributed by atoms with van der Waals surface area (Å²) in [5.74, 6) is -0.921. The number of nitrogens with zero attached hydrogens (tertiary/aromatic N) is 2. The summed E-state index contributed by atoms with van der Waals surface area (Å²) in [5.41, 5.74) is 0.318. The Morgan fingerprint density at radius 3 is 2.58 bits per heavy atom. The minimum absolute atomic E-state index is 0.103. The molecule has 0 spiro atoms. The minimum atomic E-state index is -0.527. The number of imide groups is 1. The van der Waals surface area contributed by atoms with Crippen LogP contribution >= 0.6 is 23.2 Å². The summed E-state index contributed by atoms with van der Waals surface area (Å²) in [4.78, 5) is 40.3. The molecule has 2 fully saturated rings. The number of hydrogen-bond donors (Lipinski definition) is 0. The SMILES string of the molecule is CCOC(=O)C1CCN([C@H]2CC(=O)N(c3cc(Cl)ccc3Cl)C2=O)CC1. The van der Waals surface area contributed by atoms with Crippen LogP contribution in [0.1, 0.15) is 26.2 Å². The summed E-state index contributed by atoms with van der Waals surface area (Å²) in [7, 11) is 0. The van der Waals surface area contributed by atoms with E-state index in [2.05, 4.69) is 0 Å². The van der Waals surface area contributed by atoms with Crippen molar-refractivity contribution in [2.45, 2.75) is 32.2 Å². The highest BCUT2D eigenvalue weighted by Gasteiger charge is 2.44. The van der Waals surface area contributed by atoms with Crippen LogP contribution < -0.4 is 4.90 Å². The molecule has 1 aromatic carbocycles. The van der Waals surface area contributed by atoms with E-state index in [-0.39, 0.29) is 30.1 Å². The molecular weight excluding hydrogens is 379 g/mol. The number of anilines is 1. The number of ether oxygens (including phenoxy) is 1. The first kappa shape index (κ1) is 19.1. The fourth-order valence-electron chi connectivity index (χ4n) is 3.52. The average Bonchev–Trinajstić information content (AvgIpc) is 2.92. The van der Waals surface area contributed by atoms with Crippen molar-refractivity contribution in [1.82, 2.24) is 4.90 Å². The summed E-state index contributed by atoms with van der Waals surface area (Å²) in [6, 6.07) is 4.17. The van der Waals surface area contributed by atoms with Crippen LogP contribution in [0.2, 0.25) is 10.0 Å². The van der Waals surface area contributed by atoms with Crippen molar-refractivity contribution in [3.63, 3.8) is 0 Å². The van der Waals surface area contributed by atoms with Gasteiger partial charge < -0.3 is 4.74 Å². The molecule has 140 valence electrons. The lowest BCUT2D eigenvalue weighted by atomic mass is 9.95. The van der Waals surface area contributed by atoms with Crippen molar-refractivity contribution < 1.29 is 19.1 Å². The first-order valence-electron chi connectivity index (χ1n) is 8.65. The Hall–Kier alpha value is -1.63. The van der Waals surface area contributed by atoms with Gasteiger partial charge in [-0.05, 0) is 51.1 Å². The summed E-state index contributed by atoms with van der Waals surface area (Å²) in [6.07, 6.45) is 1.34. The Morgan fingerprint density at radius 1 is 1.23 bits per heavy atom. The van der Waals surface area contributed by atoms with E-state index in [0.717, 1.165) is 4.90 Å². The monoisotopic (exact) mass is 398 g/mol. The molecule has 1 atom stereocenters. The second-order valence-electron chi connectivity index (χ2n) is 6.45. The molecule has 0 saturated carbocycles. The maximum atomic E-state index is 12.9. The molecule has 0 aromatic heterocycles. The Morgan fingerprint density at radius 2 is 1.92 bits per heavy atom. The number of hydrogen-bond acceptors (Lipinski definition) is 5. The molecule has 0 unspecified atom stereocenters. The predicted octanol–water partition coefficient (Wildman–Crippen LogP) is 2.90. The van der Waals surface area contributed by atoms with Crippen molar-refractivity contribution in [3.8, 4) is 0 Å². The molecule has 2 aliphatic rings. The normalized spacial score (nSPS) is 22.1. The largest absolute Gasteiger partial charge is 0.466 e. The maximum absolute atomic E-state index is 12.9. The molecule has 0 bridgehead atoms. The van der Waals surface area contributed by atoms with Gasteiger partial charge in [0.15, 0.2) is 0 Å². The van der Waals surface area contributed by atoms with Gasteiger partial charge in [-0.2, -0.15) is 0 Å². The van der Waals surface area contributed by atoms with Crippen molar-refractivity contribution in [3.05, 3.63) is 28.2 Å². The average molecular weight is 399 g/mol. The lowest BCUT2D eigenvalue weighted by Gasteiger charge is -2.33. The van der Waals surface area contributed by atoms with E-state index in [1.165, 1.54) is 6.07 Å². The molecule has 1 aromatic rings. The van der Waals surface area contributed by atoms with Gasteiger partial charge in [0.25, 0.3) is 5.91 Å². The van der Waals surface area contributed by atoms with E-state index in [9.17, 15) is 14.4 Å². The van der Waals surface area contributed by atoms with Gasteiger partial charge in [-0.15, -0.1) is 0 Å². The first-order chi connectivity index (χ1) is 12.4. The molecule has 26 heavy (non-hydrogen) atoms. The fourth-order valence-corrected chi connectivity index (χ4v) is 3.89. The van der Waals surface area contributed by atoms with Gasteiger partial charge in [-0.25, -0.2) is 4.90 Å². The summed E-state index contributed by atoms with van der Waals surface area (Å²) >= 11 is 12.1. The third-order valence-electron chi connectivity index (χ3n) is 4.86. The summed E-state index contributed by atoms with van der Waals surface area (Å²) < 4.78 is 5.07. The Balaban J connectivity index is 1.70. The van der Waals surface area contributed by atoms with Crippen LogP contribution in [0.3, 0.4) is 0 Å². The smallest absolute Gasteiger partial charge is 0.309 e. The molecule has 2 aliphatic heterocycles. The van der Waals surface area contributed by atoms with Crippen molar-refractivity contribution in [1.29, 1.82) is 0 Å². The standard InChI is InChI=1S/C18H20Cl2N2O4/c1-2-26-18(25)11-5-7-21(8-6-11)15-10-16(23)22(17(15)24)14-9-12(19)3-4-13(14)20/h3-4,9,11,15H,2,5-8,10H2,1H3/t15-/m0/s1. The number of carbonyl (C=O) groups excluding carboxylic acids is 3. The second kappa shape index (κ2) is 7.94. The Bertz CT molecular complexity index is 732. The number of esters is 1. The lowest BCUT2D eigenvalue weighted by molar-refractivity contribution is -0.149. The van der Waals surface area contributed by atoms with E-state index < -0.39 is 6.04 Å². The highest BCUT2D eigenvalue weighted by atomic mass is 35.5. The number of likely N-dealkylation sites (tertiary alicyclic amines) is 1. The van der Waals surface area contributed by atoms with E-state index in [1.54, 1.807) is 19.1 Å². The zero-order valence-electron chi connectivity index (χ0n) is 14.4. The predicted molar refractivity (Wildman–Crippen MR) is 98.3 cm³/mol. The van der Waals surface area contributed by atoms with Gasteiger partial charge in [0.2, 0.25) is 5.91 Å². The highest BCUT2D eigenvalue weighted by molar-refractivity contribution is 6.37. The zero-order valence-corrected chi connectivity index (χ0v) is 15.9. The van der Waals surface area contributed by atoms with Crippen molar-refractivity contribution in [2.75, 3.05) is 24.6 Å².